The largest absolute Gasteiger partial charge is 0.309 e. The molecule has 0 aliphatic heterocycles. The molecule has 0 amide bonds. The van der Waals surface area contributed by atoms with Crippen molar-refractivity contribution in [1.82, 2.24) is 5.32 Å². The van der Waals surface area contributed by atoms with E-state index in [9.17, 15) is 4.39 Å². The lowest BCUT2D eigenvalue weighted by Crippen LogP contribution is -2.18. The van der Waals surface area contributed by atoms with Crippen LogP contribution >= 0.6 is 11.8 Å². The Hall–Kier alpha value is -1.32. The third-order valence-corrected chi connectivity index (χ3v) is 3.73. The molecule has 0 fully saturated rings. The van der Waals surface area contributed by atoms with Gasteiger partial charge in [-0.1, -0.05) is 30.3 Å². The van der Waals surface area contributed by atoms with Crippen LogP contribution in [0.3, 0.4) is 0 Å². The quantitative estimate of drug-likeness (QED) is 0.839. The highest BCUT2D eigenvalue weighted by Gasteiger charge is 2.15. The van der Waals surface area contributed by atoms with Crippen molar-refractivity contribution < 1.29 is 4.39 Å². The Labute approximate surface area is 111 Å². The number of hydrogen-bond donors (Lipinski definition) is 1. The second kappa shape index (κ2) is 6.03. The molecule has 0 spiro atoms. The molecule has 94 valence electrons. The zero-order chi connectivity index (χ0) is 13.0. The molecule has 1 N–H and O–H groups in total. The zero-order valence-corrected chi connectivity index (χ0v) is 11.3. The molecule has 3 heteroatoms. The molecule has 1 nitrogen and oxygen atoms in total. The van der Waals surface area contributed by atoms with Gasteiger partial charge in [-0.3, -0.25) is 0 Å². The van der Waals surface area contributed by atoms with E-state index in [1.807, 2.05) is 25.2 Å². The van der Waals surface area contributed by atoms with E-state index < -0.39 is 0 Å². The molecule has 0 aliphatic carbocycles. The van der Waals surface area contributed by atoms with Crippen LogP contribution in [0.1, 0.15) is 17.2 Å². The summed E-state index contributed by atoms with van der Waals surface area (Å²) in [5.41, 5.74) is 2.12. The van der Waals surface area contributed by atoms with Gasteiger partial charge in [-0.05, 0) is 42.6 Å². The lowest BCUT2D eigenvalue weighted by Gasteiger charge is -2.19. The summed E-state index contributed by atoms with van der Waals surface area (Å²) in [6, 6.07) is 15.0. The average molecular weight is 261 g/mol. The molecule has 18 heavy (non-hydrogen) atoms. The topological polar surface area (TPSA) is 12.0 Å². The van der Waals surface area contributed by atoms with E-state index >= 15 is 0 Å². The Morgan fingerprint density at radius 3 is 2.56 bits per heavy atom. The van der Waals surface area contributed by atoms with Gasteiger partial charge in [0.25, 0.3) is 0 Å². The maximum Gasteiger partial charge on any atom is 0.123 e. The Balaban J connectivity index is 2.45. The molecule has 2 aromatic carbocycles. The third-order valence-electron chi connectivity index (χ3n) is 2.92. The van der Waals surface area contributed by atoms with E-state index in [0.29, 0.717) is 0 Å². The lowest BCUT2D eigenvalue weighted by molar-refractivity contribution is 0.615. The van der Waals surface area contributed by atoms with E-state index in [1.165, 1.54) is 16.5 Å². The van der Waals surface area contributed by atoms with Crippen molar-refractivity contribution in [1.29, 1.82) is 0 Å². The number of nitrogens with one attached hydrogen (secondary N) is 1. The molecule has 0 saturated carbocycles. The van der Waals surface area contributed by atoms with Gasteiger partial charge in [-0.15, -0.1) is 11.8 Å². The first-order chi connectivity index (χ1) is 8.76. The number of thioether (sulfide) groups is 1. The molecule has 2 aromatic rings. The summed E-state index contributed by atoms with van der Waals surface area (Å²) < 4.78 is 13.3. The molecule has 1 unspecified atom stereocenters. The first-order valence-corrected chi connectivity index (χ1v) is 7.04. The minimum atomic E-state index is -0.200. The molecule has 1 atom stereocenters. The van der Waals surface area contributed by atoms with Crippen molar-refractivity contribution in [2.75, 3.05) is 13.3 Å². The van der Waals surface area contributed by atoms with Crippen LogP contribution in [0.25, 0.3) is 0 Å². The molecule has 0 heterocycles. The van der Waals surface area contributed by atoms with Gasteiger partial charge in [-0.2, -0.15) is 0 Å². The average Bonchev–Trinajstić information content (AvgIpc) is 2.40. The van der Waals surface area contributed by atoms with Crippen LogP contribution in [-0.2, 0) is 0 Å². The van der Waals surface area contributed by atoms with Gasteiger partial charge in [-0.25, -0.2) is 4.39 Å². The highest BCUT2D eigenvalue weighted by molar-refractivity contribution is 7.98. The predicted octanol–water partition coefficient (Wildman–Crippen LogP) is 3.86. The Morgan fingerprint density at radius 2 is 1.89 bits per heavy atom. The summed E-state index contributed by atoms with van der Waals surface area (Å²) in [5, 5.41) is 3.26. The minimum Gasteiger partial charge on any atom is -0.309 e. The summed E-state index contributed by atoms with van der Waals surface area (Å²) in [4.78, 5) is 1.21. The van der Waals surface area contributed by atoms with Crippen LogP contribution in [0.2, 0.25) is 0 Å². The molecule has 2 rings (SSSR count). The fourth-order valence-corrected chi connectivity index (χ4v) is 2.73. The van der Waals surface area contributed by atoms with E-state index in [1.54, 1.807) is 23.9 Å². The second-order valence-electron chi connectivity index (χ2n) is 4.02. The zero-order valence-electron chi connectivity index (χ0n) is 10.5. The number of halogens is 1. The van der Waals surface area contributed by atoms with Crippen molar-refractivity contribution >= 4 is 11.8 Å². The van der Waals surface area contributed by atoms with Crippen molar-refractivity contribution in [2.24, 2.45) is 0 Å². The van der Waals surface area contributed by atoms with Gasteiger partial charge < -0.3 is 5.32 Å². The summed E-state index contributed by atoms with van der Waals surface area (Å²) in [5.74, 6) is -0.200. The lowest BCUT2D eigenvalue weighted by atomic mass is 9.99. The maximum atomic E-state index is 13.3. The SMILES string of the molecule is CNC(c1cccc(F)c1)c1ccccc1SC. The van der Waals surface area contributed by atoms with Gasteiger partial charge in [0.1, 0.15) is 5.82 Å². The number of rotatable bonds is 4. The van der Waals surface area contributed by atoms with Crippen LogP contribution in [0.4, 0.5) is 4.39 Å². The van der Waals surface area contributed by atoms with E-state index in [-0.39, 0.29) is 11.9 Å². The van der Waals surface area contributed by atoms with Crippen LogP contribution < -0.4 is 5.32 Å². The van der Waals surface area contributed by atoms with Gasteiger partial charge in [0.15, 0.2) is 0 Å². The van der Waals surface area contributed by atoms with Gasteiger partial charge in [0.2, 0.25) is 0 Å². The summed E-state index contributed by atoms with van der Waals surface area (Å²) in [7, 11) is 1.90. The van der Waals surface area contributed by atoms with Crippen LogP contribution in [-0.4, -0.2) is 13.3 Å². The fourth-order valence-electron chi connectivity index (χ4n) is 2.09. The van der Waals surface area contributed by atoms with Crippen LogP contribution in [0, 0.1) is 5.82 Å². The highest BCUT2D eigenvalue weighted by atomic mass is 32.2. The molecule has 0 saturated heterocycles. The molecule has 0 radical (unpaired) electrons. The summed E-state index contributed by atoms with van der Waals surface area (Å²) in [6.45, 7) is 0. The van der Waals surface area contributed by atoms with Crippen LogP contribution in [0.15, 0.2) is 53.4 Å². The van der Waals surface area contributed by atoms with Crippen molar-refractivity contribution in [3.8, 4) is 0 Å². The normalized spacial score (nSPS) is 12.4. The third kappa shape index (κ3) is 2.74. The molecular formula is C15H16FNS. The Bertz CT molecular complexity index is 527. The molecular weight excluding hydrogens is 245 g/mol. The maximum absolute atomic E-state index is 13.3. The Kier molecular flexibility index (Phi) is 4.39. The van der Waals surface area contributed by atoms with Gasteiger partial charge in [0.05, 0.1) is 6.04 Å². The van der Waals surface area contributed by atoms with Gasteiger partial charge >= 0.3 is 0 Å². The Morgan fingerprint density at radius 1 is 1.11 bits per heavy atom. The summed E-state index contributed by atoms with van der Waals surface area (Å²) >= 11 is 1.70. The second-order valence-corrected chi connectivity index (χ2v) is 4.87. The molecule has 0 aliphatic rings. The highest BCUT2D eigenvalue weighted by Crippen LogP contribution is 2.30. The first-order valence-electron chi connectivity index (χ1n) is 5.82. The predicted molar refractivity (Wildman–Crippen MR) is 75.5 cm³/mol. The minimum absolute atomic E-state index is 0.0179. The van der Waals surface area contributed by atoms with E-state index in [2.05, 4.69) is 23.7 Å². The summed E-state index contributed by atoms with van der Waals surface area (Å²) in [6.07, 6.45) is 2.05. The fraction of sp³-hybridized carbons (Fsp3) is 0.200. The molecule has 0 aromatic heterocycles. The number of hydrogen-bond acceptors (Lipinski definition) is 2. The van der Waals surface area contributed by atoms with Crippen molar-refractivity contribution in [2.45, 2.75) is 10.9 Å². The first kappa shape index (κ1) is 13.1. The van der Waals surface area contributed by atoms with E-state index in [0.717, 1.165) is 5.56 Å². The van der Waals surface area contributed by atoms with Gasteiger partial charge in [0, 0.05) is 4.90 Å². The monoisotopic (exact) mass is 261 g/mol. The van der Waals surface area contributed by atoms with Crippen molar-refractivity contribution in [3.63, 3.8) is 0 Å². The smallest absolute Gasteiger partial charge is 0.123 e. The van der Waals surface area contributed by atoms with E-state index in [4.69, 9.17) is 0 Å². The van der Waals surface area contributed by atoms with Crippen molar-refractivity contribution in [3.05, 3.63) is 65.5 Å². The van der Waals surface area contributed by atoms with Crippen LogP contribution in [0.5, 0.6) is 0 Å². The molecule has 0 bridgehead atoms. The number of benzene rings is 2. The standard InChI is InChI=1S/C15H16FNS/c1-17-15(11-6-5-7-12(16)10-11)13-8-3-4-9-14(13)18-2/h3-10,15,17H,1-2H3.